The van der Waals surface area contributed by atoms with Gasteiger partial charge in [-0.15, -0.1) is 23.5 Å². The molecule has 0 amide bonds. The summed E-state index contributed by atoms with van der Waals surface area (Å²) in [5.41, 5.74) is 2.98. The Bertz CT molecular complexity index is 764. The summed E-state index contributed by atoms with van der Waals surface area (Å²) >= 11 is 3.84. The molecular weight excluding hydrogens is 348 g/mol. The van der Waals surface area contributed by atoms with Crippen LogP contribution in [0.3, 0.4) is 0 Å². The molecule has 0 radical (unpaired) electrons. The number of thioether (sulfide) groups is 2. The van der Waals surface area contributed by atoms with Gasteiger partial charge in [-0.05, 0) is 30.2 Å². The van der Waals surface area contributed by atoms with E-state index >= 15 is 0 Å². The number of hydrogen-bond acceptors (Lipinski definition) is 5. The molecule has 0 aliphatic carbocycles. The summed E-state index contributed by atoms with van der Waals surface area (Å²) in [7, 11) is -3.65. The lowest BCUT2D eigenvalue weighted by molar-refractivity contribution is 0.485. The van der Waals surface area contributed by atoms with Gasteiger partial charge in [0.2, 0.25) is 0 Å². The first-order chi connectivity index (χ1) is 11.0. The standard InChI is InChI=1S/C17H18O3S3/c1-13-3-2-4-14(11-13)12-23(18,19)20-16-7-5-15(6-8-16)17-21-9-10-22-17/h2-8,11,17H,9-10,12H2,1H3. The maximum absolute atomic E-state index is 12.2. The predicted molar refractivity (Wildman–Crippen MR) is 98.5 cm³/mol. The van der Waals surface area contributed by atoms with Crippen molar-refractivity contribution in [1.82, 2.24) is 0 Å². The third-order valence-electron chi connectivity index (χ3n) is 3.42. The quantitative estimate of drug-likeness (QED) is 0.735. The molecule has 0 bridgehead atoms. The van der Waals surface area contributed by atoms with Gasteiger partial charge in [-0.25, -0.2) is 0 Å². The van der Waals surface area contributed by atoms with E-state index < -0.39 is 10.1 Å². The van der Waals surface area contributed by atoms with Crippen molar-refractivity contribution in [2.75, 3.05) is 11.5 Å². The van der Waals surface area contributed by atoms with Gasteiger partial charge in [0, 0.05) is 11.5 Å². The van der Waals surface area contributed by atoms with Crippen LogP contribution in [0.25, 0.3) is 0 Å². The summed E-state index contributed by atoms with van der Waals surface area (Å²) in [6, 6.07) is 14.8. The van der Waals surface area contributed by atoms with Crippen LogP contribution in [-0.2, 0) is 15.9 Å². The van der Waals surface area contributed by atoms with E-state index in [2.05, 4.69) is 0 Å². The molecule has 0 saturated carbocycles. The van der Waals surface area contributed by atoms with Crippen LogP contribution in [0.2, 0.25) is 0 Å². The molecule has 23 heavy (non-hydrogen) atoms. The smallest absolute Gasteiger partial charge is 0.313 e. The van der Waals surface area contributed by atoms with Gasteiger partial charge in [0.15, 0.2) is 0 Å². The highest BCUT2D eigenvalue weighted by Crippen LogP contribution is 2.45. The lowest BCUT2D eigenvalue weighted by Crippen LogP contribution is -2.12. The fourth-order valence-corrected chi connectivity index (χ4v) is 6.32. The zero-order valence-corrected chi connectivity index (χ0v) is 15.2. The van der Waals surface area contributed by atoms with Crippen molar-refractivity contribution < 1.29 is 12.6 Å². The lowest BCUT2D eigenvalue weighted by Gasteiger charge is -2.10. The maximum Gasteiger partial charge on any atom is 0.313 e. The van der Waals surface area contributed by atoms with Gasteiger partial charge in [0.25, 0.3) is 0 Å². The molecule has 3 nitrogen and oxygen atoms in total. The molecule has 122 valence electrons. The Labute approximate surface area is 146 Å². The first kappa shape index (κ1) is 16.7. The molecule has 0 N–H and O–H groups in total. The van der Waals surface area contributed by atoms with Crippen molar-refractivity contribution in [2.45, 2.75) is 17.3 Å². The van der Waals surface area contributed by atoms with Crippen molar-refractivity contribution in [3.8, 4) is 5.75 Å². The summed E-state index contributed by atoms with van der Waals surface area (Å²) in [5, 5.41) is 0. The number of rotatable bonds is 5. The maximum atomic E-state index is 12.2. The lowest BCUT2D eigenvalue weighted by atomic mass is 10.2. The van der Waals surface area contributed by atoms with Gasteiger partial charge in [0.1, 0.15) is 11.5 Å². The van der Waals surface area contributed by atoms with Crippen LogP contribution in [0.5, 0.6) is 5.75 Å². The molecule has 1 heterocycles. The SMILES string of the molecule is Cc1cccc(CS(=O)(=O)Oc2ccc(C3SCCS3)cc2)c1. The van der Waals surface area contributed by atoms with Gasteiger partial charge in [-0.2, -0.15) is 8.42 Å². The van der Waals surface area contributed by atoms with Crippen molar-refractivity contribution in [3.63, 3.8) is 0 Å². The van der Waals surface area contributed by atoms with E-state index in [0.29, 0.717) is 10.3 Å². The third kappa shape index (κ3) is 4.68. The van der Waals surface area contributed by atoms with E-state index in [9.17, 15) is 8.42 Å². The van der Waals surface area contributed by atoms with Gasteiger partial charge in [0.05, 0.1) is 4.58 Å². The summed E-state index contributed by atoms with van der Waals surface area (Å²) in [5.74, 6) is 2.58. The fraction of sp³-hybridized carbons (Fsp3) is 0.294. The molecule has 1 aliphatic rings. The Morgan fingerprint density at radius 2 is 1.78 bits per heavy atom. The van der Waals surface area contributed by atoms with E-state index in [4.69, 9.17) is 4.18 Å². The van der Waals surface area contributed by atoms with Gasteiger partial charge < -0.3 is 4.18 Å². The zero-order chi connectivity index (χ0) is 16.3. The van der Waals surface area contributed by atoms with E-state index in [1.54, 1.807) is 18.2 Å². The largest absolute Gasteiger partial charge is 0.382 e. The summed E-state index contributed by atoms with van der Waals surface area (Å²) in [6.07, 6.45) is 0. The topological polar surface area (TPSA) is 43.4 Å². The monoisotopic (exact) mass is 366 g/mol. The van der Waals surface area contributed by atoms with Crippen LogP contribution < -0.4 is 4.18 Å². The predicted octanol–water partition coefficient (Wildman–Crippen LogP) is 4.38. The third-order valence-corrected chi connectivity index (χ3v) is 7.66. The highest BCUT2D eigenvalue weighted by Gasteiger charge is 2.19. The number of aryl methyl sites for hydroxylation is 1. The summed E-state index contributed by atoms with van der Waals surface area (Å²) in [4.78, 5) is 0. The van der Waals surface area contributed by atoms with Crippen LogP contribution >= 0.6 is 23.5 Å². The highest BCUT2D eigenvalue weighted by atomic mass is 32.2. The molecule has 3 rings (SSSR count). The normalized spacial score (nSPS) is 15.7. The number of hydrogen-bond donors (Lipinski definition) is 0. The Morgan fingerprint density at radius 3 is 2.43 bits per heavy atom. The van der Waals surface area contributed by atoms with E-state index in [0.717, 1.165) is 11.1 Å². The molecule has 1 saturated heterocycles. The second-order valence-electron chi connectivity index (χ2n) is 5.42. The zero-order valence-electron chi connectivity index (χ0n) is 12.8. The summed E-state index contributed by atoms with van der Waals surface area (Å²) in [6.45, 7) is 1.94. The molecule has 0 spiro atoms. The van der Waals surface area contributed by atoms with Gasteiger partial charge in [-0.1, -0.05) is 42.0 Å². The van der Waals surface area contributed by atoms with Crippen molar-refractivity contribution in [2.24, 2.45) is 0 Å². The van der Waals surface area contributed by atoms with Gasteiger partial charge >= 0.3 is 10.1 Å². The van der Waals surface area contributed by atoms with Crippen molar-refractivity contribution in [3.05, 3.63) is 65.2 Å². The average molecular weight is 367 g/mol. The first-order valence-corrected chi connectivity index (χ1v) is 11.0. The Kier molecular flexibility index (Phi) is 5.24. The first-order valence-electron chi connectivity index (χ1n) is 7.33. The second-order valence-corrected chi connectivity index (χ2v) is 9.71. The summed E-state index contributed by atoms with van der Waals surface area (Å²) < 4.78 is 30.1. The number of benzene rings is 2. The van der Waals surface area contributed by atoms with Crippen LogP contribution in [0.15, 0.2) is 48.5 Å². The van der Waals surface area contributed by atoms with Crippen LogP contribution in [0.4, 0.5) is 0 Å². The molecule has 6 heteroatoms. The molecule has 0 atom stereocenters. The van der Waals surface area contributed by atoms with Crippen LogP contribution in [-0.4, -0.2) is 19.9 Å². The van der Waals surface area contributed by atoms with Gasteiger partial charge in [-0.3, -0.25) is 0 Å². The fourth-order valence-electron chi connectivity index (χ4n) is 2.41. The van der Waals surface area contributed by atoms with E-state index in [1.807, 2.05) is 60.8 Å². The molecule has 0 unspecified atom stereocenters. The Hall–Kier alpha value is -1.11. The van der Waals surface area contributed by atoms with Crippen molar-refractivity contribution in [1.29, 1.82) is 0 Å². The minimum Gasteiger partial charge on any atom is -0.382 e. The minimum absolute atomic E-state index is 0.120. The van der Waals surface area contributed by atoms with E-state index in [-0.39, 0.29) is 5.75 Å². The Balaban J connectivity index is 1.67. The average Bonchev–Trinajstić information content (AvgIpc) is 3.01. The van der Waals surface area contributed by atoms with Crippen LogP contribution in [0, 0.1) is 6.92 Å². The molecule has 0 aromatic heterocycles. The molecule has 2 aromatic carbocycles. The molecule has 1 fully saturated rings. The highest BCUT2D eigenvalue weighted by molar-refractivity contribution is 8.19. The molecular formula is C17H18O3S3. The van der Waals surface area contributed by atoms with Crippen LogP contribution in [0.1, 0.15) is 21.3 Å². The molecule has 1 aliphatic heterocycles. The van der Waals surface area contributed by atoms with E-state index in [1.165, 1.54) is 17.1 Å². The van der Waals surface area contributed by atoms with Crippen molar-refractivity contribution >= 4 is 33.6 Å². The minimum atomic E-state index is -3.65. The Morgan fingerprint density at radius 1 is 1.09 bits per heavy atom. The second kappa shape index (κ2) is 7.20. The molecule has 2 aromatic rings.